The monoisotopic (exact) mass is 224 g/mol. The highest BCUT2D eigenvalue weighted by Crippen LogP contribution is 2.21. The molecule has 0 fully saturated rings. The van der Waals surface area contributed by atoms with Crippen molar-refractivity contribution in [3.05, 3.63) is 48.0 Å². The van der Waals surface area contributed by atoms with Gasteiger partial charge in [0.1, 0.15) is 5.82 Å². The van der Waals surface area contributed by atoms with Crippen LogP contribution in [0.4, 0.5) is 5.82 Å². The molecule has 84 valence electrons. The van der Waals surface area contributed by atoms with E-state index in [-0.39, 0.29) is 0 Å². The van der Waals surface area contributed by atoms with Gasteiger partial charge in [-0.2, -0.15) is 0 Å². The number of nitrogens with zero attached hydrogens (tertiary/aromatic N) is 3. The van der Waals surface area contributed by atoms with E-state index in [1.165, 1.54) is 5.56 Å². The van der Waals surface area contributed by atoms with Crippen LogP contribution in [0.5, 0.6) is 0 Å². The van der Waals surface area contributed by atoms with Gasteiger partial charge in [0.25, 0.3) is 0 Å². The molecule has 0 bridgehead atoms. The van der Waals surface area contributed by atoms with Gasteiger partial charge in [-0.05, 0) is 19.1 Å². The first-order valence-corrected chi connectivity index (χ1v) is 5.42. The lowest BCUT2D eigenvalue weighted by Gasteiger charge is -2.03. The predicted molar refractivity (Wildman–Crippen MR) is 67.6 cm³/mol. The molecule has 2 N–H and O–H groups in total. The molecule has 0 aliphatic carbocycles. The van der Waals surface area contributed by atoms with Crippen LogP contribution in [0.15, 0.2) is 42.5 Å². The van der Waals surface area contributed by atoms with Gasteiger partial charge in [-0.15, -0.1) is 10.2 Å². The predicted octanol–water partition coefficient (Wildman–Crippen LogP) is 2.29. The molecule has 2 aromatic heterocycles. The van der Waals surface area contributed by atoms with Crippen LogP contribution in [0.1, 0.15) is 5.56 Å². The Morgan fingerprint density at radius 1 is 1.00 bits per heavy atom. The number of hydrogen-bond acceptors (Lipinski definition) is 3. The number of hydrogen-bond donors (Lipinski definition) is 1. The first-order valence-electron chi connectivity index (χ1n) is 5.42. The molecule has 2 heterocycles. The van der Waals surface area contributed by atoms with Gasteiger partial charge in [0.15, 0.2) is 11.5 Å². The number of benzene rings is 1. The number of anilines is 1. The molecule has 4 nitrogen and oxygen atoms in total. The molecule has 0 amide bonds. The molecule has 17 heavy (non-hydrogen) atoms. The van der Waals surface area contributed by atoms with Crippen LogP contribution in [0.25, 0.3) is 17.0 Å². The highest BCUT2D eigenvalue weighted by Gasteiger charge is 2.09. The zero-order chi connectivity index (χ0) is 11.8. The van der Waals surface area contributed by atoms with E-state index in [2.05, 4.69) is 29.3 Å². The van der Waals surface area contributed by atoms with E-state index in [1.54, 1.807) is 0 Å². The van der Waals surface area contributed by atoms with Crippen molar-refractivity contribution in [3.63, 3.8) is 0 Å². The number of nitrogens with two attached hydrogens (primary N) is 1. The Morgan fingerprint density at radius 3 is 2.53 bits per heavy atom. The Labute approximate surface area is 98.7 Å². The molecule has 0 atom stereocenters. The van der Waals surface area contributed by atoms with Crippen LogP contribution in [-0.4, -0.2) is 14.6 Å². The van der Waals surface area contributed by atoms with Gasteiger partial charge in [0, 0.05) is 5.56 Å². The first-order chi connectivity index (χ1) is 8.25. The van der Waals surface area contributed by atoms with Gasteiger partial charge in [-0.25, -0.2) is 0 Å². The summed E-state index contributed by atoms with van der Waals surface area (Å²) >= 11 is 0. The minimum absolute atomic E-state index is 0.642. The van der Waals surface area contributed by atoms with E-state index in [0.717, 1.165) is 17.0 Å². The maximum Gasteiger partial charge on any atom is 0.169 e. The number of pyridine rings is 1. The van der Waals surface area contributed by atoms with Crippen LogP contribution in [-0.2, 0) is 0 Å². The summed E-state index contributed by atoms with van der Waals surface area (Å²) in [6, 6.07) is 13.8. The minimum Gasteiger partial charge on any atom is -0.385 e. The minimum atomic E-state index is 0.642. The fourth-order valence-electron chi connectivity index (χ4n) is 1.86. The Hall–Kier alpha value is -2.36. The standard InChI is InChI=1S/C13H12N4/c1-9-5-7-10(8-6-9)13-16-15-12-4-2-3-11(14)17(12)13/h2-8H,14H2,1H3. The lowest BCUT2D eigenvalue weighted by molar-refractivity contribution is 1.11. The lowest BCUT2D eigenvalue weighted by Crippen LogP contribution is -1.98. The average Bonchev–Trinajstić information content (AvgIpc) is 2.75. The summed E-state index contributed by atoms with van der Waals surface area (Å²) < 4.78 is 1.85. The Balaban J connectivity index is 2.27. The average molecular weight is 224 g/mol. The molecule has 3 rings (SSSR count). The normalized spacial score (nSPS) is 10.9. The van der Waals surface area contributed by atoms with E-state index in [9.17, 15) is 0 Å². The van der Waals surface area contributed by atoms with Crippen molar-refractivity contribution < 1.29 is 0 Å². The second kappa shape index (κ2) is 3.59. The Kier molecular flexibility index (Phi) is 2.08. The quantitative estimate of drug-likeness (QED) is 0.690. The topological polar surface area (TPSA) is 56.2 Å². The molecule has 0 unspecified atom stereocenters. The molecule has 0 aliphatic heterocycles. The zero-order valence-electron chi connectivity index (χ0n) is 9.46. The molecule has 0 saturated heterocycles. The van der Waals surface area contributed by atoms with Gasteiger partial charge in [-0.1, -0.05) is 35.9 Å². The molecule has 4 heteroatoms. The van der Waals surface area contributed by atoms with Crippen LogP contribution in [0.2, 0.25) is 0 Å². The van der Waals surface area contributed by atoms with E-state index in [1.807, 2.05) is 34.7 Å². The molecular formula is C13H12N4. The van der Waals surface area contributed by atoms with Crippen LogP contribution >= 0.6 is 0 Å². The number of fused-ring (bicyclic) bond motifs is 1. The summed E-state index contributed by atoms with van der Waals surface area (Å²) in [5, 5.41) is 8.30. The molecule has 3 aromatic rings. The van der Waals surface area contributed by atoms with E-state index in [4.69, 9.17) is 5.73 Å². The van der Waals surface area contributed by atoms with Crippen LogP contribution < -0.4 is 5.73 Å². The first kappa shape index (κ1) is 9.84. The van der Waals surface area contributed by atoms with Crippen molar-refractivity contribution in [2.45, 2.75) is 6.92 Å². The fourth-order valence-corrected chi connectivity index (χ4v) is 1.86. The third-order valence-corrected chi connectivity index (χ3v) is 2.77. The van der Waals surface area contributed by atoms with Crippen molar-refractivity contribution in [1.29, 1.82) is 0 Å². The highest BCUT2D eigenvalue weighted by atomic mass is 15.3. The summed E-state index contributed by atoms with van der Waals surface area (Å²) in [5.74, 6) is 1.42. The van der Waals surface area contributed by atoms with Crippen molar-refractivity contribution in [3.8, 4) is 11.4 Å². The van der Waals surface area contributed by atoms with Gasteiger partial charge < -0.3 is 5.73 Å². The van der Waals surface area contributed by atoms with Gasteiger partial charge in [0.2, 0.25) is 0 Å². The second-order valence-corrected chi connectivity index (χ2v) is 4.03. The summed E-state index contributed by atoms with van der Waals surface area (Å²) in [6.07, 6.45) is 0. The van der Waals surface area contributed by atoms with E-state index in [0.29, 0.717) is 5.82 Å². The largest absolute Gasteiger partial charge is 0.385 e. The van der Waals surface area contributed by atoms with Gasteiger partial charge in [-0.3, -0.25) is 4.40 Å². The fraction of sp³-hybridized carbons (Fsp3) is 0.0769. The summed E-state index contributed by atoms with van der Waals surface area (Å²) in [5.41, 5.74) is 8.95. The number of nitrogen functional groups attached to an aromatic ring is 1. The summed E-state index contributed by atoms with van der Waals surface area (Å²) in [7, 11) is 0. The zero-order valence-corrected chi connectivity index (χ0v) is 9.46. The third-order valence-electron chi connectivity index (χ3n) is 2.77. The second-order valence-electron chi connectivity index (χ2n) is 4.03. The van der Waals surface area contributed by atoms with Crippen molar-refractivity contribution in [1.82, 2.24) is 14.6 Å². The maximum atomic E-state index is 5.95. The molecule has 0 saturated carbocycles. The van der Waals surface area contributed by atoms with Crippen molar-refractivity contribution >= 4 is 11.5 Å². The molecule has 0 radical (unpaired) electrons. The number of aromatic nitrogens is 3. The third kappa shape index (κ3) is 1.54. The molecule has 0 spiro atoms. The molecule has 0 aliphatic rings. The lowest BCUT2D eigenvalue weighted by atomic mass is 10.1. The SMILES string of the molecule is Cc1ccc(-c2nnc3cccc(N)n23)cc1. The number of rotatable bonds is 1. The van der Waals surface area contributed by atoms with E-state index >= 15 is 0 Å². The maximum absolute atomic E-state index is 5.95. The summed E-state index contributed by atoms with van der Waals surface area (Å²) in [4.78, 5) is 0. The summed E-state index contributed by atoms with van der Waals surface area (Å²) in [6.45, 7) is 2.06. The van der Waals surface area contributed by atoms with Crippen LogP contribution in [0, 0.1) is 6.92 Å². The van der Waals surface area contributed by atoms with Gasteiger partial charge >= 0.3 is 0 Å². The van der Waals surface area contributed by atoms with Gasteiger partial charge in [0.05, 0.1) is 0 Å². The van der Waals surface area contributed by atoms with Crippen molar-refractivity contribution in [2.24, 2.45) is 0 Å². The highest BCUT2D eigenvalue weighted by molar-refractivity contribution is 5.63. The van der Waals surface area contributed by atoms with E-state index < -0.39 is 0 Å². The smallest absolute Gasteiger partial charge is 0.169 e. The Bertz CT molecular complexity index is 667. The van der Waals surface area contributed by atoms with Crippen molar-refractivity contribution in [2.75, 3.05) is 5.73 Å². The van der Waals surface area contributed by atoms with Crippen LogP contribution in [0.3, 0.4) is 0 Å². The molecule has 1 aromatic carbocycles. The Morgan fingerprint density at radius 2 is 1.76 bits per heavy atom. The number of aryl methyl sites for hydroxylation is 1. The molecular weight excluding hydrogens is 212 g/mol.